The van der Waals surface area contributed by atoms with Gasteiger partial charge in [0.25, 0.3) is 0 Å². The molecular weight excluding hydrogens is 234 g/mol. The Morgan fingerprint density at radius 2 is 1.32 bits per heavy atom. The molecule has 2 aromatic carbocycles. The quantitative estimate of drug-likeness (QED) is 0.723. The van der Waals surface area contributed by atoms with E-state index in [0.717, 1.165) is 11.4 Å². The molecule has 0 saturated heterocycles. The molecule has 0 aromatic heterocycles. The van der Waals surface area contributed by atoms with Crippen molar-refractivity contribution >= 4 is 17.1 Å². The van der Waals surface area contributed by atoms with Gasteiger partial charge in [-0.15, -0.1) is 0 Å². The topological polar surface area (TPSA) is 28.0 Å². The Morgan fingerprint density at radius 1 is 0.789 bits per heavy atom. The van der Waals surface area contributed by atoms with Gasteiger partial charge in [-0.2, -0.15) is 10.2 Å². The van der Waals surface area contributed by atoms with E-state index in [4.69, 9.17) is 0 Å². The highest BCUT2D eigenvalue weighted by atomic mass is 15.1. The third-order valence-electron chi connectivity index (χ3n) is 2.96. The van der Waals surface area contributed by atoms with Gasteiger partial charge in [0.1, 0.15) is 0 Å². The fourth-order valence-corrected chi connectivity index (χ4v) is 2.31. The molecule has 0 amide bonds. The Balaban J connectivity index is 2.30. The molecule has 19 heavy (non-hydrogen) atoms. The first-order valence-electron chi connectivity index (χ1n) is 6.33. The van der Waals surface area contributed by atoms with Gasteiger partial charge in [-0.1, -0.05) is 18.2 Å². The standard InChI is InChI=1S/C16H19N3/c1-12-10-15(11-13(2)16(12)19(3)4)18-17-14-8-6-5-7-9-14/h5-11H,1-4H3. The molecule has 0 unspecified atom stereocenters. The summed E-state index contributed by atoms with van der Waals surface area (Å²) in [6.07, 6.45) is 0. The van der Waals surface area contributed by atoms with E-state index in [1.54, 1.807) is 0 Å². The third-order valence-corrected chi connectivity index (χ3v) is 2.96. The van der Waals surface area contributed by atoms with Gasteiger partial charge < -0.3 is 4.90 Å². The molecule has 0 fully saturated rings. The van der Waals surface area contributed by atoms with Crippen molar-refractivity contribution in [3.63, 3.8) is 0 Å². The molecular formula is C16H19N3. The van der Waals surface area contributed by atoms with Crippen LogP contribution in [-0.2, 0) is 0 Å². The number of benzene rings is 2. The zero-order chi connectivity index (χ0) is 13.8. The van der Waals surface area contributed by atoms with E-state index in [1.165, 1.54) is 16.8 Å². The van der Waals surface area contributed by atoms with Crippen LogP contribution in [0.25, 0.3) is 0 Å². The van der Waals surface area contributed by atoms with Crippen LogP contribution < -0.4 is 4.90 Å². The predicted molar refractivity (Wildman–Crippen MR) is 80.9 cm³/mol. The van der Waals surface area contributed by atoms with E-state index in [9.17, 15) is 0 Å². The minimum absolute atomic E-state index is 0.870. The van der Waals surface area contributed by atoms with E-state index in [1.807, 2.05) is 30.3 Å². The van der Waals surface area contributed by atoms with Gasteiger partial charge in [0, 0.05) is 19.8 Å². The maximum atomic E-state index is 4.31. The Bertz CT molecular complexity index is 563. The van der Waals surface area contributed by atoms with E-state index in [0.29, 0.717) is 0 Å². The Kier molecular flexibility index (Phi) is 3.95. The maximum absolute atomic E-state index is 4.31. The SMILES string of the molecule is Cc1cc(N=Nc2ccccc2)cc(C)c1N(C)C. The van der Waals surface area contributed by atoms with Gasteiger partial charge in [0.15, 0.2) is 0 Å². The summed E-state index contributed by atoms with van der Waals surface area (Å²) in [5.74, 6) is 0. The number of anilines is 1. The van der Waals surface area contributed by atoms with Crippen molar-refractivity contribution in [2.75, 3.05) is 19.0 Å². The first kappa shape index (κ1) is 13.3. The van der Waals surface area contributed by atoms with Crippen molar-refractivity contribution < 1.29 is 0 Å². The zero-order valence-corrected chi connectivity index (χ0v) is 11.9. The molecule has 0 radical (unpaired) electrons. The highest BCUT2D eigenvalue weighted by Crippen LogP contribution is 2.29. The molecule has 0 spiro atoms. The van der Waals surface area contributed by atoms with Gasteiger partial charge in [0.2, 0.25) is 0 Å². The minimum atomic E-state index is 0.870. The van der Waals surface area contributed by atoms with Crippen molar-refractivity contribution in [2.24, 2.45) is 10.2 Å². The molecule has 0 atom stereocenters. The van der Waals surface area contributed by atoms with Crippen molar-refractivity contribution in [2.45, 2.75) is 13.8 Å². The van der Waals surface area contributed by atoms with Crippen LogP contribution in [-0.4, -0.2) is 14.1 Å². The van der Waals surface area contributed by atoms with Crippen LogP contribution in [0.15, 0.2) is 52.7 Å². The van der Waals surface area contributed by atoms with Crippen molar-refractivity contribution in [3.8, 4) is 0 Å². The summed E-state index contributed by atoms with van der Waals surface area (Å²) < 4.78 is 0. The lowest BCUT2D eigenvalue weighted by Crippen LogP contribution is -2.11. The number of hydrogen-bond donors (Lipinski definition) is 0. The normalized spacial score (nSPS) is 10.9. The van der Waals surface area contributed by atoms with E-state index < -0.39 is 0 Å². The molecule has 0 aliphatic rings. The van der Waals surface area contributed by atoms with E-state index in [-0.39, 0.29) is 0 Å². The molecule has 2 aromatic rings. The second-order valence-electron chi connectivity index (χ2n) is 4.86. The van der Waals surface area contributed by atoms with Crippen LogP contribution >= 0.6 is 0 Å². The molecule has 0 saturated carbocycles. The highest BCUT2D eigenvalue weighted by Gasteiger charge is 2.06. The average molecular weight is 253 g/mol. The zero-order valence-electron chi connectivity index (χ0n) is 11.9. The Labute approximate surface area is 114 Å². The molecule has 0 N–H and O–H groups in total. The van der Waals surface area contributed by atoms with Gasteiger partial charge in [-0.3, -0.25) is 0 Å². The largest absolute Gasteiger partial charge is 0.377 e. The fourth-order valence-electron chi connectivity index (χ4n) is 2.31. The van der Waals surface area contributed by atoms with Crippen LogP contribution in [0.3, 0.4) is 0 Å². The lowest BCUT2D eigenvalue weighted by Gasteiger charge is -2.18. The smallest absolute Gasteiger partial charge is 0.0863 e. The monoisotopic (exact) mass is 253 g/mol. The average Bonchev–Trinajstić information content (AvgIpc) is 2.36. The summed E-state index contributed by atoms with van der Waals surface area (Å²) in [6, 6.07) is 13.9. The number of nitrogens with zero attached hydrogens (tertiary/aromatic N) is 3. The van der Waals surface area contributed by atoms with Crippen molar-refractivity contribution in [1.29, 1.82) is 0 Å². The van der Waals surface area contributed by atoms with Crippen LogP contribution in [0.5, 0.6) is 0 Å². The van der Waals surface area contributed by atoms with E-state index >= 15 is 0 Å². The molecule has 98 valence electrons. The molecule has 0 bridgehead atoms. The van der Waals surface area contributed by atoms with Crippen LogP contribution in [0.4, 0.5) is 17.1 Å². The van der Waals surface area contributed by atoms with Crippen LogP contribution in [0.2, 0.25) is 0 Å². The molecule has 0 heterocycles. The molecule has 0 aliphatic carbocycles. The predicted octanol–water partition coefficient (Wildman–Crippen LogP) is 4.78. The van der Waals surface area contributed by atoms with Crippen molar-refractivity contribution in [1.82, 2.24) is 0 Å². The molecule has 3 nitrogen and oxygen atoms in total. The first-order chi connectivity index (χ1) is 9.08. The van der Waals surface area contributed by atoms with Gasteiger partial charge in [0.05, 0.1) is 11.4 Å². The summed E-state index contributed by atoms with van der Waals surface area (Å²) in [7, 11) is 4.11. The Morgan fingerprint density at radius 3 is 1.84 bits per heavy atom. The number of azo groups is 1. The molecule has 3 heteroatoms. The summed E-state index contributed by atoms with van der Waals surface area (Å²) in [4.78, 5) is 2.13. The summed E-state index contributed by atoms with van der Waals surface area (Å²) in [5.41, 5.74) is 5.44. The van der Waals surface area contributed by atoms with Gasteiger partial charge in [-0.25, -0.2) is 0 Å². The fraction of sp³-hybridized carbons (Fsp3) is 0.250. The van der Waals surface area contributed by atoms with Crippen LogP contribution in [0, 0.1) is 13.8 Å². The molecule has 0 aliphatic heterocycles. The van der Waals surface area contributed by atoms with Crippen molar-refractivity contribution in [3.05, 3.63) is 53.6 Å². The first-order valence-corrected chi connectivity index (χ1v) is 6.33. The highest BCUT2D eigenvalue weighted by molar-refractivity contribution is 5.63. The second-order valence-corrected chi connectivity index (χ2v) is 4.86. The number of hydrogen-bond acceptors (Lipinski definition) is 3. The number of rotatable bonds is 3. The number of aryl methyl sites for hydroxylation is 2. The summed E-state index contributed by atoms with van der Waals surface area (Å²) in [5, 5.41) is 8.55. The van der Waals surface area contributed by atoms with Gasteiger partial charge >= 0.3 is 0 Å². The second kappa shape index (κ2) is 5.65. The van der Waals surface area contributed by atoms with Gasteiger partial charge in [-0.05, 0) is 49.2 Å². The third kappa shape index (κ3) is 3.19. The lowest BCUT2D eigenvalue weighted by atomic mass is 10.1. The summed E-state index contributed by atoms with van der Waals surface area (Å²) in [6.45, 7) is 4.20. The van der Waals surface area contributed by atoms with Crippen LogP contribution in [0.1, 0.15) is 11.1 Å². The lowest BCUT2D eigenvalue weighted by molar-refractivity contribution is 1.09. The van der Waals surface area contributed by atoms with E-state index in [2.05, 4.69) is 55.2 Å². The minimum Gasteiger partial charge on any atom is -0.377 e. The summed E-state index contributed by atoms with van der Waals surface area (Å²) >= 11 is 0. The Hall–Kier alpha value is -2.16. The maximum Gasteiger partial charge on any atom is 0.0863 e. The molecule has 2 rings (SSSR count).